The van der Waals surface area contributed by atoms with Crippen molar-refractivity contribution in [1.29, 1.82) is 0 Å². The fourth-order valence-electron chi connectivity index (χ4n) is 2.95. The standard InChI is InChI=1S/C21H27N3/c1-22-16-8-20(9-17-22)21-10-18-24(19-11-21)13-5-3-2-4-12-23-14-6-7-15-23/h6-11,14-19H,2-5,12-13H2,1H3/q+2. The molecule has 0 atom stereocenters. The van der Waals surface area contributed by atoms with Gasteiger partial charge in [0.05, 0.1) is 0 Å². The van der Waals surface area contributed by atoms with Gasteiger partial charge in [0.15, 0.2) is 24.8 Å². The van der Waals surface area contributed by atoms with Gasteiger partial charge in [0.25, 0.3) is 0 Å². The van der Waals surface area contributed by atoms with Crippen LogP contribution in [0.3, 0.4) is 0 Å². The fourth-order valence-corrected chi connectivity index (χ4v) is 2.95. The molecule has 3 nitrogen and oxygen atoms in total. The molecule has 0 aliphatic rings. The van der Waals surface area contributed by atoms with Crippen LogP contribution in [0.2, 0.25) is 0 Å². The quantitative estimate of drug-likeness (QED) is 0.445. The van der Waals surface area contributed by atoms with Crippen molar-refractivity contribution in [3.8, 4) is 11.1 Å². The van der Waals surface area contributed by atoms with Crippen LogP contribution >= 0.6 is 0 Å². The molecule has 3 aromatic heterocycles. The maximum absolute atomic E-state index is 2.29. The molecule has 3 heteroatoms. The minimum absolute atomic E-state index is 1.10. The van der Waals surface area contributed by atoms with Gasteiger partial charge in [0, 0.05) is 49.6 Å². The summed E-state index contributed by atoms with van der Waals surface area (Å²) in [6.07, 6.45) is 18.0. The first-order valence-corrected chi connectivity index (χ1v) is 8.87. The molecule has 0 aliphatic carbocycles. The second kappa shape index (κ2) is 8.44. The van der Waals surface area contributed by atoms with Crippen molar-refractivity contribution >= 4 is 0 Å². The number of hydrogen-bond acceptors (Lipinski definition) is 0. The molecular weight excluding hydrogens is 294 g/mol. The van der Waals surface area contributed by atoms with Crippen LogP contribution in [0.4, 0.5) is 0 Å². The molecule has 3 rings (SSSR count). The van der Waals surface area contributed by atoms with Crippen LogP contribution in [0.15, 0.2) is 73.6 Å². The summed E-state index contributed by atoms with van der Waals surface area (Å²) in [6, 6.07) is 12.9. The molecule has 0 aromatic carbocycles. The smallest absolute Gasteiger partial charge is 0.169 e. The van der Waals surface area contributed by atoms with Crippen LogP contribution in [-0.4, -0.2) is 4.57 Å². The van der Waals surface area contributed by atoms with Crippen LogP contribution < -0.4 is 9.13 Å². The Hall–Kier alpha value is -2.42. The lowest BCUT2D eigenvalue weighted by atomic mass is 10.1. The number of aromatic nitrogens is 3. The van der Waals surface area contributed by atoms with Gasteiger partial charge in [-0.15, -0.1) is 0 Å². The van der Waals surface area contributed by atoms with E-state index in [0.29, 0.717) is 0 Å². The van der Waals surface area contributed by atoms with E-state index in [-0.39, 0.29) is 0 Å². The predicted molar refractivity (Wildman–Crippen MR) is 96.1 cm³/mol. The van der Waals surface area contributed by atoms with Gasteiger partial charge in [-0.1, -0.05) is 6.42 Å². The largest absolute Gasteiger partial charge is 0.354 e. The van der Waals surface area contributed by atoms with E-state index < -0.39 is 0 Å². The average Bonchev–Trinajstić information content (AvgIpc) is 3.13. The number of nitrogens with zero attached hydrogens (tertiary/aromatic N) is 3. The Balaban J connectivity index is 1.39. The second-order valence-corrected chi connectivity index (χ2v) is 6.41. The van der Waals surface area contributed by atoms with Gasteiger partial charge in [-0.05, 0) is 36.1 Å². The summed E-state index contributed by atoms with van der Waals surface area (Å²) in [7, 11) is 2.04. The van der Waals surface area contributed by atoms with E-state index >= 15 is 0 Å². The number of aryl methyl sites for hydroxylation is 3. The molecule has 0 fully saturated rings. The topological polar surface area (TPSA) is 12.7 Å². The third-order valence-electron chi connectivity index (χ3n) is 4.45. The van der Waals surface area contributed by atoms with Gasteiger partial charge in [0.1, 0.15) is 13.6 Å². The Labute approximate surface area is 144 Å². The van der Waals surface area contributed by atoms with Gasteiger partial charge in [0.2, 0.25) is 0 Å². The lowest BCUT2D eigenvalue weighted by molar-refractivity contribution is -0.697. The van der Waals surface area contributed by atoms with E-state index in [2.05, 4.69) is 87.3 Å². The molecule has 0 saturated heterocycles. The zero-order valence-electron chi connectivity index (χ0n) is 14.5. The van der Waals surface area contributed by atoms with Crippen molar-refractivity contribution in [2.24, 2.45) is 7.05 Å². The first kappa shape index (κ1) is 16.4. The zero-order chi connectivity index (χ0) is 16.6. The van der Waals surface area contributed by atoms with E-state index in [1.165, 1.54) is 36.8 Å². The lowest BCUT2D eigenvalue weighted by Gasteiger charge is -2.03. The Morgan fingerprint density at radius 2 is 1.33 bits per heavy atom. The van der Waals surface area contributed by atoms with Crippen molar-refractivity contribution in [1.82, 2.24) is 4.57 Å². The molecule has 3 aromatic rings. The summed E-state index contributed by atoms with van der Waals surface area (Å²) >= 11 is 0. The molecule has 0 spiro atoms. The lowest BCUT2D eigenvalue weighted by Crippen LogP contribution is -2.32. The maximum atomic E-state index is 2.29. The minimum Gasteiger partial charge on any atom is -0.354 e. The van der Waals surface area contributed by atoms with Gasteiger partial charge in [-0.25, -0.2) is 9.13 Å². The van der Waals surface area contributed by atoms with Gasteiger partial charge in [-0.2, -0.15) is 0 Å². The van der Waals surface area contributed by atoms with Crippen LogP contribution in [0.5, 0.6) is 0 Å². The van der Waals surface area contributed by atoms with E-state index in [1.807, 2.05) is 7.05 Å². The highest BCUT2D eigenvalue weighted by Gasteiger charge is 2.04. The number of pyridine rings is 2. The van der Waals surface area contributed by atoms with E-state index in [0.717, 1.165) is 13.1 Å². The van der Waals surface area contributed by atoms with Crippen LogP contribution in [0.25, 0.3) is 11.1 Å². The summed E-state index contributed by atoms with van der Waals surface area (Å²) in [5.74, 6) is 0. The van der Waals surface area contributed by atoms with Crippen LogP contribution in [0.1, 0.15) is 25.7 Å². The third-order valence-corrected chi connectivity index (χ3v) is 4.45. The molecule has 0 unspecified atom stereocenters. The van der Waals surface area contributed by atoms with E-state index in [1.54, 1.807) is 0 Å². The van der Waals surface area contributed by atoms with Gasteiger partial charge >= 0.3 is 0 Å². The highest BCUT2D eigenvalue weighted by molar-refractivity contribution is 5.60. The molecule has 0 saturated carbocycles. The Morgan fingerprint density at radius 3 is 2.00 bits per heavy atom. The summed E-state index contributed by atoms with van der Waals surface area (Å²) in [4.78, 5) is 0. The summed E-state index contributed by atoms with van der Waals surface area (Å²) in [6.45, 7) is 2.25. The van der Waals surface area contributed by atoms with E-state index in [9.17, 15) is 0 Å². The maximum Gasteiger partial charge on any atom is 0.169 e. The Bertz CT molecular complexity index is 713. The number of unbranched alkanes of at least 4 members (excludes halogenated alkanes) is 3. The number of rotatable bonds is 8. The van der Waals surface area contributed by atoms with Crippen LogP contribution in [-0.2, 0) is 20.1 Å². The molecular formula is C21H27N3+2. The second-order valence-electron chi connectivity index (χ2n) is 6.41. The minimum atomic E-state index is 1.10. The van der Waals surface area contributed by atoms with Gasteiger partial charge < -0.3 is 4.57 Å². The van der Waals surface area contributed by atoms with Gasteiger partial charge in [-0.3, -0.25) is 0 Å². The molecule has 0 amide bonds. The highest BCUT2D eigenvalue weighted by atomic mass is 14.9. The highest BCUT2D eigenvalue weighted by Crippen LogP contribution is 2.15. The van der Waals surface area contributed by atoms with Crippen molar-refractivity contribution in [3.05, 3.63) is 73.6 Å². The molecule has 3 heterocycles. The molecule has 0 aliphatic heterocycles. The van der Waals surface area contributed by atoms with Crippen molar-refractivity contribution in [3.63, 3.8) is 0 Å². The fraction of sp³-hybridized carbons (Fsp3) is 0.333. The Morgan fingerprint density at radius 1 is 0.750 bits per heavy atom. The summed E-state index contributed by atoms with van der Waals surface area (Å²) in [5, 5.41) is 0. The van der Waals surface area contributed by atoms with E-state index in [4.69, 9.17) is 0 Å². The summed E-state index contributed by atoms with van der Waals surface area (Å²) < 4.78 is 6.61. The first-order valence-electron chi connectivity index (χ1n) is 8.87. The average molecular weight is 321 g/mol. The number of hydrogen-bond donors (Lipinski definition) is 0. The van der Waals surface area contributed by atoms with Crippen LogP contribution in [0, 0.1) is 0 Å². The summed E-state index contributed by atoms with van der Waals surface area (Å²) in [5.41, 5.74) is 2.55. The zero-order valence-corrected chi connectivity index (χ0v) is 14.5. The van der Waals surface area contributed by atoms with Crippen molar-refractivity contribution in [2.45, 2.75) is 38.8 Å². The molecule has 24 heavy (non-hydrogen) atoms. The SMILES string of the molecule is C[n+]1ccc(-c2cc[n+](CCCCCCn3cccc3)cc2)cc1. The molecule has 0 N–H and O–H groups in total. The molecule has 124 valence electrons. The predicted octanol–water partition coefficient (Wildman–Crippen LogP) is 3.53. The van der Waals surface area contributed by atoms with Crippen molar-refractivity contribution < 1.29 is 9.13 Å². The third kappa shape index (κ3) is 4.79. The normalized spacial score (nSPS) is 10.9. The monoisotopic (exact) mass is 321 g/mol. The Kier molecular flexibility index (Phi) is 5.78. The first-order chi connectivity index (χ1) is 11.8. The van der Waals surface area contributed by atoms with Crippen molar-refractivity contribution in [2.75, 3.05) is 0 Å². The molecule has 0 bridgehead atoms. The molecule has 0 radical (unpaired) electrons.